The molecule has 1 saturated heterocycles. The molecular formula is C18H21F3N4O2. The molecule has 0 unspecified atom stereocenters. The molecule has 1 spiro atoms. The maximum atomic E-state index is 13.0. The number of alkyl halides is 3. The summed E-state index contributed by atoms with van der Waals surface area (Å²) in [7, 11) is 0. The zero-order valence-electron chi connectivity index (χ0n) is 14.7. The van der Waals surface area contributed by atoms with Crippen molar-refractivity contribution in [2.45, 2.75) is 50.0 Å². The number of morpholine rings is 1. The van der Waals surface area contributed by atoms with Gasteiger partial charge < -0.3 is 4.74 Å². The molecule has 1 saturated carbocycles. The standard InChI is InChI=1S/C18H21F3N4O2/c19-18(20,21)13-5-3-4-12(8-13)14-9-25(10-15-22-16(26)24-23-15)17(11-27-14)6-1-2-7-17/h3-5,8,14H,1-2,6-7,9-11H2,(H2,22,23,24,26)/t14-/m0/s1. The monoisotopic (exact) mass is 382 g/mol. The van der Waals surface area contributed by atoms with E-state index in [4.69, 9.17) is 4.74 Å². The van der Waals surface area contributed by atoms with Crippen molar-refractivity contribution in [1.29, 1.82) is 0 Å². The lowest BCUT2D eigenvalue weighted by Crippen LogP contribution is -2.55. The van der Waals surface area contributed by atoms with Crippen molar-refractivity contribution in [3.05, 3.63) is 51.7 Å². The number of rotatable bonds is 3. The number of aromatic amines is 2. The Balaban J connectivity index is 1.59. The number of hydrogen-bond acceptors (Lipinski definition) is 4. The summed E-state index contributed by atoms with van der Waals surface area (Å²) in [5.74, 6) is 0.524. The van der Waals surface area contributed by atoms with Crippen LogP contribution >= 0.6 is 0 Å². The third kappa shape index (κ3) is 3.66. The number of benzene rings is 1. The summed E-state index contributed by atoms with van der Waals surface area (Å²) < 4.78 is 45.2. The molecule has 2 aliphatic rings. The molecule has 1 aliphatic carbocycles. The molecule has 2 fully saturated rings. The Bertz CT molecular complexity index is 855. The van der Waals surface area contributed by atoms with E-state index in [-0.39, 0.29) is 11.2 Å². The minimum absolute atomic E-state index is 0.145. The Morgan fingerprint density at radius 2 is 2.07 bits per heavy atom. The zero-order chi connectivity index (χ0) is 19.1. The van der Waals surface area contributed by atoms with Gasteiger partial charge in [-0.05, 0) is 30.5 Å². The van der Waals surface area contributed by atoms with Crippen LogP contribution in [0.25, 0.3) is 0 Å². The van der Waals surface area contributed by atoms with Crippen LogP contribution in [0.1, 0.15) is 48.7 Å². The van der Waals surface area contributed by atoms with Crippen LogP contribution in [-0.2, 0) is 17.5 Å². The topological polar surface area (TPSA) is 74.0 Å². The van der Waals surface area contributed by atoms with E-state index >= 15 is 0 Å². The second kappa shape index (κ2) is 6.79. The lowest BCUT2D eigenvalue weighted by molar-refractivity contribution is -0.138. The molecule has 2 aromatic rings. The summed E-state index contributed by atoms with van der Waals surface area (Å²) in [5.41, 5.74) is -0.673. The van der Waals surface area contributed by atoms with E-state index in [1.807, 2.05) is 0 Å². The first-order valence-electron chi connectivity index (χ1n) is 9.03. The highest BCUT2D eigenvalue weighted by Gasteiger charge is 2.45. The summed E-state index contributed by atoms with van der Waals surface area (Å²) in [6, 6.07) is 5.31. The molecule has 0 radical (unpaired) electrons. The number of nitrogens with one attached hydrogen (secondary N) is 2. The minimum atomic E-state index is -4.38. The molecular weight excluding hydrogens is 361 g/mol. The largest absolute Gasteiger partial charge is 0.416 e. The van der Waals surface area contributed by atoms with Gasteiger partial charge in [-0.1, -0.05) is 25.0 Å². The third-order valence-corrected chi connectivity index (χ3v) is 5.62. The van der Waals surface area contributed by atoms with Crippen LogP contribution in [0.15, 0.2) is 29.1 Å². The van der Waals surface area contributed by atoms with Crippen molar-refractivity contribution in [1.82, 2.24) is 20.1 Å². The average molecular weight is 382 g/mol. The van der Waals surface area contributed by atoms with Gasteiger partial charge in [0.2, 0.25) is 0 Å². The SMILES string of the molecule is O=c1[nH]nc(CN2C[C@@H](c3cccc(C(F)(F)F)c3)OCC23CCCC3)[nH]1. The second-order valence-electron chi connectivity index (χ2n) is 7.36. The Hall–Kier alpha value is -2.13. The lowest BCUT2D eigenvalue weighted by Gasteiger charge is -2.47. The van der Waals surface area contributed by atoms with Gasteiger partial charge in [-0.2, -0.15) is 18.3 Å². The minimum Gasteiger partial charge on any atom is -0.370 e. The summed E-state index contributed by atoms with van der Waals surface area (Å²) in [6.07, 6.45) is -0.722. The first kappa shape index (κ1) is 18.2. The molecule has 1 aliphatic heterocycles. The predicted octanol–water partition coefficient (Wildman–Crippen LogP) is 3.00. The molecule has 0 bridgehead atoms. The van der Waals surface area contributed by atoms with Gasteiger partial charge in [0.05, 0.1) is 24.8 Å². The molecule has 1 aromatic carbocycles. The van der Waals surface area contributed by atoms with Gasteiger partial charge in [-0.3, -0.25) is 9.88 Å². The Kier molecular flexibility index (Phi) is 4.59. The van der Waals surface area contributed by atoms with Crippen molar-refractivity contribution in [3.8, 4) is 0 Å². The van der Waals surface area contributed by atoms with Crippen molar-refractivity contribution in [2.24, 2.45) is 0 Å². The highest BCUT2D eigenvalue weighted by atomic mass is 19.4. The highest BCUT2D eigenvalue weighted by molar-refractivity contribution is 5.28. The average Bonchev–Trinajstić information content (AvgIpc) is 3.26. The van der Waals surface area contributed by atoms with Crippen molar-refractivity contribution >= 4 is 0 Å². The van der Waals surface area contributed by atoms with Crippen LogP contribution in [0.4, 0.5) is 13.2 Å². The van der Waals surface area contributed by atoms with Crippen LogP contribution in [0, 0.1) is 0 Å². The molecule has 2 heterocycles. The molecule has 1 atom stereocenters. The van der Waals surface area contributed by atoms with Gasteiger partial charge >= 0.3 is 11.9 Å². The maximum Gasteiger partial charge on any atom is 0.416 e. The van der Waals surface area contributed by atoms with Crippen LogP contribution in [0.2, 0.25) is 0 Å². The summed E-state index contributed by atoms with van der Waals surface area (Å²) in [5, 5.41) is 6.34. The Morgan fingerprint density at radius 1 is 1.30 bits per heavy atom. The summed E-state index contributed by atoms with van der Waals surface area (Å²) >= 11 is 0. The third-order valence-electron chi connectivity index (χ3n) is 5.62. The quantitative estimate of drug-likeness (QED) is 0.856. The molecule has 4 rings (SSSR count). The number of ether oxygens (including phenoxy) is 1. The van der Waals surface area contributed by atoms with Crippen molar-refractivity contribution in [3.63, 3.8) is 0 Å². The Labute approximate surface area is 153 Å². The van der Waals surface area contributed by atoms with Crippen LogP contribution < -0.4 is 5.69 Å². The molecule has 1 aromatic heterocycles. The van der Waals surface area contributed by atoms with Gasteiger partial charge in [-0.15, -0.1) is 0 Å². The molecule has 9 heteroatoms. The summed E-state index contributed by atoms with van der Waals surface area (Å²) in [4.78, 5) is 16.2. The van der Waals surface area contributed by atoms with Crippen molar-refractivity contribution in [2.75, 3.05) is 13.2 Å². The molecule has 146 valence electrons. The van der Waals surface area contributed by atoms with Crippen LogP contribution in [0.3, 0.4) is 0 Å². The van der Waals surface area contributed by atoms with Crippen LogP contribution in [0.5, 0.6) is 0 Å². The number of nitrogens with zero attached hydrogens (tertiary/aromatic N) is 2. The van der Waals surface area contributed by atoms with Crippen molar-refractivity contribution < 1.29 is 17.9 Å². The Morgan fingerprint density at radius 3 is 2.74 bits per heavy atom. The van der Waals surface area contributed by atoms with E-state index in [0.717, 1.165) is 37.8 Å². The smallest absolute Gasteiger partial charge is 0.370 e. The van der Waals surface area contributed by atoms with Gasteiger partial charge in [0.1, 0.15) is 5.82 Å². The van der Waals surface area contributed by atoms with E-state index in [0.29, 0.717) is 31.1 Å². The first-order chi connectivity index (χ1) is 12.9. The highest BCUT2D eigenvalue weighted by Crippen LogP contribution is 2.42. The number of H-pyrrole nitrogens is 2. The van der Waals surface area contributed by atoms with Gasteiger partial charge in [0.15, 0.2) is 0 Å². The van der Waals surface area contributed by atoms with E-state index in [1.54, 1.807) is 6.07 Å². The zero-order valence-corrected chi connectivity index (χ0v) is 14.7. The fourth-order valence-corrected chi connectivity index (χ4v) is 4.20. The van der Waals surface area contributed by atoms with E-state index in [1.165, 1.54) is 6.07 Å². The van der Waals surface area contributed by atoms with Gasteiger partial charge in [-0.25, -0.2) is 9.89 Å². The summed E-state index contributed by atoms with van der Waals surface area (Å²) in [6.45, 7) is 1.34. The van der Waals surface area contributed by atoms with Gasteiger partial charge in [0, 0.05) is 12.1 Å². The number of halogens is 3. The number of aromatic nitrogens is 3. The predicted molar refractivity (Wildman–Crippen MR) is 91.0 cm³/mol. The van der Waals surface area contributed by atoms with E-state index < -0.39 is 17.8 Å². The number of hydrogen-bond donors (Lipinski definition) is 2. The normalized spacial score (nSPS) is 23.1. The fraction of sp³-hybridized carbons (Fsp3) is 0.556. The first-order valence-corrected chi connectivity index (χ1v) is 9.03. The van der Waals surface area contributed by atoms with E-state index in [2.05, 4.69) is 20.1 Å². The van der Waals surface area contributed by atoms with Gasteiger partial charge in [0.25, 0.3) is 0 Å². The van der Waals surface area contributed by atoms with E-state index in [9.17, 15) is 18.0 Å². The lowest BCUT2D eigenvalue weighted by atomic mass is 9.92. The molecule has 0 amide bonds. The second-order valence-corrected chi connectivity index (χ2v) is 7.36. The maximum absolute atomic E-state index is 13.0. The molecule has 2 N–H and O–H groups in total. The van der Waals surface area contributed by atoms with Crippen LogP contribution in [-0.4, -0.2) is 38.8 Å². The fourth-order valence-electron chi connectivity index (χ4n) is 4.20. The molecule has 6 nitrogen and oxygen atoms in total. The molecule has 27 heavy (non-hydrogen) atoms.